The summed E-state index contributed by atoms with van der Waals surface area (Å²) < 4.78 is 0. The summed E-state index contributed by atoms with van der Waals surface area (Å²) >= 11 is 6.02. The second kappa shape index (κ2) is 8.89. The molecule has 0 bridgehead atoms. The molecule has 0 aliphatic carbocycles. The number of nitrogens with zero attached hydrogens (tertiary/aromatic N) is 2. The van der Waals surface area contributed by atoms with Crippen LogP contribution in [0.4, 0.5) is 5.69 Å². The Kier molecular flexibility index (Phi) is 6.31. The molecule has 0 aromatic heterocycles. The van der Waals surface area contributed by atoms with Crippen LogP contribution in [0.1, 0.15) is 18.4 Å². The van der Waals surface area contributed by atoms with Gasteiger partial charge in [-0.1, -0.05) is 48.0 Å². The molecule has 146 valence electrons. The lowest BCUT2D eigenvalue weighted by molar-refractivity contribution is -0.136. The lowest BCUT2D eigenvalue weighted by Gasteiger charge is -2.25. The van der Waals surface area contributed by atoms with Crippen LogP contribution in [0.2, 0.25) is 5.02 Å². The van der Waals surface area contributed by atoms with E-state index in [4.69, 9.17) is 17.3 Å². The number of primary amides is 1. The van der Waals surface area contributed by atoms with Gasteiger partial charge < -0.3 is 15.5 Å². The molecule has 1 aliphatic rings. The molecule has 1 atom stereocenters. The Labute approximate surface area is 168 Å². The molecule has 0 spiro atoms. The minimum atomic E-state index is -0.469. The van der Waals surface area contributed by atoms with Crippen molar-refractivity contribution in [1.82, 2.24) is 4.90 Å². The third-order valence-corrected chi connectivity index (χ3v) is 4.99. The van der Waals surface area contributed by atoms with Gasteiger partial charge in [-0.15, -0.1) is 0 Å². The molecule has 1 saturated heterocycles. The molecular weight excluding hydrogens is 378 g/mol. The number of carbonyl (C=O) groups excluding carboxylic acids is 3. The lowest BCUT2D eigenvalue weighted by atomic mass is 10.1. The fraction of sp³-hybridized carbons (Fsp3) is 0.286. The zero-order valence-corrected chi connectivity index (χ0v) is 16.1. The van der Waals surface area contributed by atoms with Crippen LogP contribution in [0.5, 0.6) is 0 Å². The summed E-state index contributed by atoms with van der Waals surface area (Å²) in [6.07, 6.45) is 0.213. The zero-order chi connectivity index (χ0) is 20.1. The van der Waals surface area contributed by atoms with Crippen LogP contribution in [0.3, 0.4) is 0 Å². The number of benzene rings is 2. The van der Waals surface area contributed by atoms with Gasteiger partial charge in [-0.05, 0) is 23.8 Å². The van der Waals surface area contributed by atoms with E-state index in [0.29, 0.717) is 23.8 Å². The van der Waals surface area contributed by atoms with Crippen molar-refractivity contribution in [2.75, 3.05) is 18.0 Å². The largest absolute Gasteiger partial charge is 0.370 e. The summed E-state index contributed by atoms with van der Waals surface area (Å²) in [6.45, 7) is 0.888. The quantitative estimate of drug-likeness (QED) is 0.776. The molecule has 2 aromatic rings. The Morgan fingerprint density at radius 3 is 2.57 bits per heavy atom. The lowest BCUT2D eigenvalue weighted by Crippen LogP contribution is -2.39. The van der Waals surface area contributed by atoms with E-state index < -0.39 is 11.8 Å². The minimum absolute atomic E-state index is 0.0806. The molecule has 0 radical (unpaired) electrons. The fourth-order valence-corrected chi connectivity index (χ4v) is 3.53. The molecular formula is C21H22ClN3O3. The van der Waals surface area contributed by atoms with Crippen LogP contribution in [0.25, 0.3) is 0 Å². The summed E-state index contributed by atoms with van der Waals surface area (Å²) in [4.78, 5) is 40.0. The number of nitrogens with two attached hydrogens (primary N) is 1. The molecule has 3 amide bonds. The van der Waals surface area contributed by atoms with Crippen molar-refractivity contribution in [2.24, 2.45) is 11.7 Å². The first-order chi connectivity index (χ1) is 13.4. The maximum absolute atomic E-state index is 13.1. The summed E-state index contributed by atoms with van der Waals surface area (Å²) in [5.74, 6) is -1.20. The Balaban J connectivity index is 1.74. The zero-order valence-electron chi connectivity index (χ0n) is 15.4. The van der Waals surface area contributed by atoms with Crippen LogP contribution >= 0.6 is 11.6 Å². The van der Waals surface area contributed by atoms with Gasteiger partial charge in [0.1, 0.15) is 0 Å². The van der Waals surface area contributed by atoms with Crippen molar-refractivity contribution < 1.29 is 14.4 Å². The van der Waals surface area contributed by atoms with E-state index in [-0.39, 0.29) is 31.2 Å². The predicted octanol–water partition coefficient (Wildman–Crippen LogP) is 2.60. The number of hydrogen-bond acceptors (Lipinski definition) is 3. The number of anilines is 1. The Morgan fingerprint density at radius 2 is 1.89 bits per heavy atom. The van der Waals surface area contributed by atoms with E-state index in [1.54, 1.807) is 34.1 Å². The molecule has 1 fully saturated rings. The van der Waals surface area contributed by atoms with Crippen molar-refractivity contribution in [3.8, 4) is 0 Å². The topological polar surface area (TPSA) is 83.7 Å². The summed E-state index contributed by atoms with van der Waals surface area (Å²) in [6, 6.07) is 16.5. The number of hydrogen-bond donors (Lipinski definition) is 1. The van der Waals surface area contributed by atoms with Gasteiger partial charge in [0, 0.05) is 43.2 Å². The minimum Gasteiger partial charge on any atom is -0.370 e. The van der Waals surface area contributed by atoms with Crippen LogP contribution < -0.4 is 10.6 Å². The molecule has 7 heteroatoms. The fourth-order valence-electron chi connectivity index (χ4n) is 3.34. The molecule has 2 N–H and O–H groups in total. The average Bonchev–Trinajstić information content (AvgIpc) is 3.07. The number of amides is 3. The van der Waals surface area contributed by atoms with Crippen molar-refractivity contribution in [3.63, 3.8) is 0 Å². The third kappa shape index (κ3) is 4.89. The van der Waals surface area contributed by atoms with Crippen LogP contribution in [-0.2, 0) is 20.9 Å². The molecule has 1 heterocycles. The van der Waals surface area contributed by atoms with Gasteiger partial charge in [0.15, 0.2) is 0 Å². The van der Waals surface area contributed by atoms with Gasteiger partial charge in [0.25, 0.3) is 0 Å². The second-order valence-electron chi connectivity index (χ2n) is 6.85. The highest BCUT2D eigenvalue weighted by molar-refractivity contribution is 6.31. The van der Waals surface area contributed by atoms with E-state index in [0.717, 1.165) is 5.56 Å². The molecule has 28 heavy (non-hydrogen) atoms. The van der Waals surface area contributed by atoms with Gasteiger partial charge in [0.2, 0.25) is 17.7 Å². The maximum atomic E-state index is 13.1. The maximum Gasteiger partial charge on any atom is 0.228 e. The van der Waals surface area contributed by atoms with Crippen molar-refractivity contribution in [3.05, 3.63) is 65.2 Å². The molecule has 6 nitrogen and oxygen atoms in total. The number of carbonyl (C=O) groups is 3. The van der Waals surface area contributed by atoms with Gasteiger partial charge in [0.05, 0.1) is 5.92 Å². The first-order valence-corrected chi connectivity index (χ1v) is 9.49. The summed E-state index contributed by atoms with van der Waals surface area (Å²) in [7, 11) is 0. The van der Waals surface area contributed by atoms with Crippen molar-refractivity contribution in [1.29, 1.82) is 0 Å². The highest BCUT2D eigenvalue weighted by Crippen LogP contribution is 2.28. The van der Waals surface area contributed by atoms with Gasteiger partial charge >= 0.3 is 0 Å². The average molecular weight is 400 g/mol. The molecule has 1 aliphatic heterocycles. The Morgan fingerprint density at radius 1 is 1.14 bits per heavy atom. The summed E-state index contributed by atoms with van der Waals surface area (Å²) in [5.41, 5.74) is 6.91. The highest BCUT2D eigenvalue weighted by Gasteiger charge is 2.37. The predicted molar refractivity (Wildman–Crippen MR) is 108 cm³/mol. The highest BCUT2D eigenvalue weighted by atomic mass is 35.5. The number of halogens is 1. The molecule has 1 unspecified atom stereocenters. The summed E-state index contributed by atoms with van der Waals surface area (Å²) in [5, 5.41) is 0.534. The Hall–Kier alpha value is -2.86. The first kappa shape index (κ1) is 19.9. The van der Waals surface area contributed by atoms with Crippen LogP contribution in [0.15, 0.2) is 54.6 Å². The molecule has 2 aromatic carbocycles. The second-order valence-corrected chi connectivity index (χ2v) is 7.28. The van der Waals surface area contributed by atoms with Crippen molar-refractivity contribution in [2.45, 2.75) is 19.4 Å². The van der Waals surface area contributed by atoms with Gasteiger partial charge in [-0.25, -0.2) is 0 Å². The first-order valence-electron chi connectivity index (χ1n) is 9.11. The van der Waals surface area contributed by atoms with Gasteiger partial charge in [-0.3, -0.25) is 14.4 Å². The number of rotatable bonds is 7. The van der Waals surface area contributed by atoms with E-state index in [2.05, 4.69) is 0 Å². The van der Waals surface area contributed by atoms with Crippen LogP contribution in [0, 0.1) is 5.92 Å². The van der Waals surface area contributed by atoms with Gasteiger partial charge in [-0.2, -0.15) is 0 Å². The third-order valence-electron chi connectivity index (χ3n) is 4.75. The monoisotopic (exact) mass is 399 g/mol. The SMILES string of the molecule is NC(=O)CCN(Cc1ccccc1)C(=O)C1CC(=O)N(c2cccc(Cl)c2)C1. The van der Waals surface area contributed by atoms with Crippen LogP contribution in [-0.4, -0.2) is 35.7 Å². The van der Waals surface area contributed by atoms with E-state index in [1.807, 2.05) is 30.3 Å². The van der Waals surface area contributed by atoms with E-state index in [9.17, 15) is 14.4 Å². The normalized spacial score (nSPS) is 16.2. The molecule has 3 rings (SSSR count). The molecule has 0 saturated carbocycles. The Bertz CT molecular complexity index is 872. The van der Waals surface area contributed by atoms with Crippen molar-refractivity contribution >= 4 is 35.0 Å². The smallest absolute Gasteiger partial charge is 0.228 e. The van der Waals surface area contributed by atoms with E-state index >= 15 is 0 Å². The van der Waals surface area contributed by atoms with E-state index in [1.165, 1.54) is 0 Å². The standard InChI is InChI=1S/C21H22ClN3O3/c22-17-7-4-8-18(12-17)25-14-16(11-20(25)27)21(28)24(10-9-19(23)26)13-15-5-2-1-3-6-15/h1-8,12,16H,9-11,13-14H2,(H2,23,26).